The maximum Gasteiger partial charge on any atom is 0.238 e. The molecule has 7 heteroatoms. The molecule has 6 nitrogen and oxygen atoms in total. The highest BCUT2D eigenvalue weighted by molar-refractivity contribution is 7.25. The van der Waals surface area contributed by atoms with Crippen LogP contribution in [0.25, 0.3) is 142 Å². The first kappa shape index (κ1) is 35.8. The third-order valence-corrected chi connectivity index (χ3v) is 14.7. The third-order valence-electron chi connectivity index (χ3n) is 13.5. The molecule has 0 fully saturated rings. The lowest BCUT2D eigenvalue weighted by molar-refractivity contribution is 0.669. The van der Waals surface area contributed by atoms with Crippen molar-refractivity contribution in [3.8, 4) is 34.4 Å². The van der Waals surface area contributed by atoms with Gasteiger partial charge in [0, 0.05) is 58.1 Å². The van der Waals surface area contributed by atoms with Gasteiger partial charge in [0.25, 0.3) is 0 Å². The molecule has 5 aromatic heterocycles. The maximum absolute atomic E-state index is 6.70. The number of rotatable bonds is 4. The van der Waals surface area contributed by atoms with Gasteiger partial charge in [-0.05, 0) is 88.3 Å². The summed E-state index contributed by atoms with van der Waals surface area (Å²) in [5.74, 6) is 1.68. The maximum atomic E-state index is 6.70. The normalized spacial score (nSPS) is 12.2. The van der Waals surface area contributed by atoms with Crippen LogP contribution in [0.3, 0.4) is 0 Å². The minimum Gasteiger partial charge on any atom is -0.456 e. The molecule has 0 spiro atoms. The number of hydrogen-bond donors (Lipinski definition) is 0. The standard InChI is InChI=1S/C59H33N5OS/c1-3-15-36-31-49-44(29-34(36)13-1)45-30-35-14-2-4-16-37(35)32-50(45)63(49)48-27-28-52-55(43-20-7-11-23-51(43)65-52)56(48)58-60-57(38-25-26-42-41-19-8-12-24-53(41)66-54(42)33-38)61-59(62-58)64-46-21-9-5-17-39(46)40-18-6-10-22-47(40)64/h1-33H. The van der Waals surface area contributed by atoms with Crippen LogP contribution in [0.4, 0.5) is 0 Å². The van der Waals surface area contributed by atoms with Crippen LogP contribution in [-0.2, 0) is 0 Å². The second-order valence-electron chi connectivity index (χ2n) is 17.2. The first-order chi connectivity index (χ1) is 32.7. The van der Waals surface area contributed by atoms with Gasteiger partial charge in [-0.25, -0.2) is 4.98 Å². The van der Waals surface area contributed by atoms with Gasteiger partial charge in [0.2, 0.25) is 5.95 Å². The second-order valence-corrected chi connectivity index (χ2v) is 18.2. The van der Waals surface area contributed by atoms with E-state index >= 15 is 0 Å². The zero-order chi connectivity index (χ0) is 43.0. The van der Waals surface area contributed by atoms with Gasteiger partial charge in [0.05, 0.1) is 33.3 Å². The summed E-state index contributed by atoms with van der Waals surface area (Å²) in [7, 11) is 0. The molecule has 15 aromatic rings. The highest BCUT2D eigenvalue weighted by Gasteiger charge is 2.26. The van der Waals surface area contributed by atoms with Crippen molar-refractivity contribution in [2.75, 3.05) is 0 Å². The number of para-hydroxylation sites is 3. The van der Waals surface area contributed by atoms with Crippen molar-refractivity contribution in [1.29, 1.82) is 0 Å². The molecule has 0 aliphatic rings. The van der Waals surface area contributed by atoms with Gasteiger partial charge < -0.3 is 8.98 Å². The number of benzene rings is 10. The summed E-state index contributed by atoms with van der Waals surface area (Å²) in [4.78, 5) is 16.6. The quantitative estimate of drug-likeness (QED) is 0.177. The van der Waals surface area contributed by atoms with E-state index < -0.39 is 0 Å². The Labute approximate surface area is 379 Å². The van der Waals surface area contributed by atoms with E-state index in [-0.39, 0.29) is 0 Å². The fourth-order valence-electron chi connectivity index (χ4n) is 10.6. The smallest absolute Gasteiger partial charge is 0.238 e. The fourth-order valence-corrected chi connectivity index (χ4v) is 11.7. The molecule has 0 aliphatic carbocycles. The Hall–Kier alpha value is -8.65. The van der Waals surface area contributed by atoms with Crippen LogP contribution >= 0.6 is 11.3 Å². The summed E-state index contributed by atoms with van der Waals surface area (Å²) >= 11 is 1.79. The van der Waals surface area contributed by atoms with Gasteiger partial charge in [0.15, 0.2) is 11.6 Å². The molecule has 66 heavy (non-hydrogen) atoms. The van der Waals surface area contributed by atoms with Crippen LogP contribution < -0.4 is 0 Å². The minimum absolute atomic E-state index is 0.541. The Morgan fingerprint density at radius 3 is 1.62 bits per heavy atom. The molecule has 0 N–H and O–H groups in total. The molecular formula is C59H33N5OS. The zero-order valence-corrected chi connectivity index (χ0v) is 35.9. The van der Waals surface area contributed by atoms with E-state index in [2.05, 4.69) is 197 Å². The highest BCUT2D eigenvalue weighted by Crippen LogP contribution is 2.45. The van der Waals surface area contributed by atoms with E-state index in [9.17, 15) is 0 Å². The Morgan fingerprint density at radius 2 is 0.924 bits per heavy atom. The number of hydrogen-bond acceptors (Lipinski definition) is 5. The highest BCUT2D eigenvalue weighted by atomic mass is 32.1. The molecule has 0 amide bonds. The third kappa shape index (κ3) is 5.08. The Balaban J connectivity index is 1.11. The molecule has 0 bridgehead atoms. The van der Waals surface area contributed by atoms with Crippen molar-refractivity contribution in [2.24, 2.45) is 0 Å². The number of furan rings is 1. The Kier molecular flexibility index (Phi) is 7.28. The lowest BCUT2D eigenvalue weighted by Gasteiger charge is -2.16. The lowest BCUT2D eigenvalue weighted by Crippen LogP contribution is -2.08. The summed E-state index contributed by atoms with van der Waals surface area (Å²) in [6, 6.07) is 71.5. The van der Waals surface area contributed by atoms with Crippen LogP contribution in [0.1, 0.15) is 0 Å². The minimum atomic E-state index is 0.541. The van der Waals surface area contributed by atoms with E-state index in [0.29, 0.717) is 17.6 Å². The fraction of sp³-hybridized carbons (Fsp3) is 0. The zero-order valence-electron chi connectivity index (χ0n) is 35.1. The topological polar surface area (TPSA) is 61.7 Å². The number of nitrogens with zero attached hydrogens (tertiary/aromatic N) is 5. The molecule has 0 atom stereocenters. The summed E-state index contributed by atoms with van der Waals surface area (Å²) in [5.41, 5.74) is 8.54. The van der Waals surface area contributed by atoms with E-state index in [1.807, 2.05) is 12.1 Å². The Bertz CT molecular complexity index is 4400. The molecule has 0 saturated carbocycles. The SMILES string of the molecule is c1ccc2cc3c(cc2c1)c1cc2ccccc2cc1n3-c1ccc2oc3ccccc3c2c1-c1nc(-c2ccc3c(c2)sc2ccccc23)nc(-n2c3ccccc3c3ccccc32)n1. The van der Waals surface area contributed by atoms with Crippen molar-refractivity contribution in [1.82, 2.24) is 24.1 Å². The van der Waals surface area contributed by atoms with Crippen molar-refractivity contribution in [2.45, 2.75) is 0 Å². The predicted octanol–water partition coefficient (Wildman–Crippen LogP) is 16.0. The van der Waals surface area contributed by atoms with E-state index in [1.165, 1.54) is 52.5 Å². The largest absolute Gasteiger partial charge is 0.456 e. The van der Waals surface area contributed by atoms with E-state index in [0.717, 1.165) is 71.6 Å². The van der Waals surface area contributed by atoms with Gasteiger partial charge in [0.1, 0.15) is 11.2 Å². The van der Waals surface area contributed by atoms with Crippen LogP contribution in [0.15, 0.2) is 205 Å². The lowest BCUT2D eigenvalue weighted by atomic mass is 10.0. The molecule has 0 aliphatic heterocycles. The first-order valence-electron chi connectivity index (χ1n) is 22.2. The van der Waals surface area contributed by atoms with Gasteiger partial charge in [-0.2, -0.15) is 9.97 Å². The van der Waals surface area contributed by atoms with Gasteiger partial charge in [-0.3, -0.25) is 4.57 Å². The first-order valence-corrected chi connectivity index (χ1v) is 23.0. The molecule has 306 valence electrons. The molecular weight excluding hydrogens is 827 g/mol. The molecule has 0 unspecified atom stereocenters. The molecule has 5 heterocycles. The van der Waals surface area contributed by atoms with Crippen LogP contribution in [0.5, 0.6) is 0 Å². The molecule has 15 rings (SSSR count). The summed E-state index contributed by atoms with van der Waals surface area (Å²) in [6.07, 6.45) is 0. The Morgan fingerprint density at radius 1 is 0.364 bits per heavy atom. The molecule has 10 aromatic carbocycles. The molecule has 0 saturated heterocycles. The van der Waals surface area contributed by atoms with E-state index in [4.69, 9.17) is 19.4 Å². The van der Waals surface area contributed by atoms with Crippen LogP contribution in [0, 0.1) is 0 Å². The van der Waals surface area contributed by atoms with Crippen molar-refractivity contribution in [3.63, 3.8) is 0 Å². The second kappa shape index (κ2) is 13.4. The molecule has 0 radical (unpaired) electrons. The van der Waals surface area contributed by atoms with Crippen molar-refractivity contribution in [3.05, 3.63) is 200 Å². The van der Waals surface area contributed by atoms with Crippen LogP contribution in [0.2, 0.25) is 0 Å². The van der Waals surface area contributed by atoms with E-state index in [1.54, 1.807) is 11.3 Å². The number of fused-ring (bicyclic) bond motifs is 14. The van der Waals surface area contributed by atoms with Gasteiger partial charge >= 0.3 is 0 Å². The summed E-state index contributed by atoms with van der Waals surface area (Å²) in [6.45, 7) is 0. The summed E-state index contributed by atoms with van der Waals surface area (Å²) in [5, 5.41) is 13.8. The van der Waals surface area contributed by atoms with Crippen molar-refractivity contribution < 1.29 is 4.42 Å². The van der Waals surface area contributed by atoms with Gasteiger partial charge in [-0.1, -0.05) is 133 Å². The van der Waals surface area contributed by atoms with Gasteiger partial charge in [-0.15, -0.1) is 11.3 Å². The average molecular weight is 860 g/mol. The number of thiophene rings is 1. The van der Waals surface area contributed by atoms with Crippen molar-refractivity contribution >= 4 is 119 Å². The summed E-state index contributed by atoms with van der Waals surface area (Å²) < 4.78 is 13.8. The van der Waals surface area contributed by atoms with Crippen LogP contribution in [-0.4, -0.2) is 24.1 Å². The predicted molar refractivity (Wildman–Crippen MR) is 275 cm³/mol. The average Bonchev–Trinajstić information content (AvgIpc) is 4.12. The number of aromatic nitrogens is 5. The monoisotopic (exact) mass is 859 g/mol.